The van der Waals surface area contributed by atoms with Crippen molar-refractivity contribution < 1.29 is 9.53 Å². The summed E-state index contributed by atoms with van der Waals surface area (Å²) in [5.74, 6) is 0. The third-order valence-corrected chi connectivity index (χ3v) is 4.47. The molecular weight excluding hydrogens is 236 g/mol. The first-order chi connectivity index (χ1) is 7.98. The second kappa shape index (κ2) is 6.50. The van der Waals surface area contributed by atoms with Crippen LogP contribution in [0.25, 0.3) is 0 Å². The van der Waals surface area contributed by atoms with Crippen LogP contribution < -0.4 is 5.32 Å². The lowest BCUT2D eigenvalue weighted by molar-refractivity contribution is 0.0434. The Kier molecular flexibility index (Phi) is 5.59. The Bertz CT molecular complexity index is 259. The highest BCUT2D eigenvalue weighted by Gasteiger charge is 2.24. The first kappa shape index (κ1) is 14.6. The molecule has 1 atom stereocenters. The zero-order valence-corrected chi connectivity index (χ0v) is 12.1. The van der Waals surface area contributed by atoms with Gasteiger partial charge in [0.25, 0.3) is 0 Å². The molecule has 1 N–H and O–H groups in total. The van der Waals surface area contributed by atoms with Crippen LogP contribution >= 0.6 is 11.8 Å². The van der Waals surface area contributed by atoms with Gasteiger partial charge in [-0.2, -0.15) is 11.8 Å². The molecule has 1 rings (SSSR count). The minimum Gasteiger partial charge on any atom is -0.380 e. The predicted octanol–water partition coefficient (Wildman–Crippen LogP) is 1.95. The van der Waals surface area contributed by atoms with E-state index in [0.717, 1.165) is 19.4 Å². The first-order valence-electron chi connectivity index (χ1n) is 6.09. The first-order valence-corrected chi connectivity index (χ1v) is 7.31. The van der Waals surface area contributed by atoms with E-state index in [1.165, 1.54) is 0 Å². The summed E-state index contributed by atoms with van der Waals surface area (Å²) in [5.41, 5.74) is 0. The van der Waals surface area contributed by atoms with Crippen LogP contribution in [0.1, 0.15) is 26.7 Å². The largest absolute Gasteiger partial charge is 0.380 e. The Labute approximate surface area is 108 Å². The number of carbonyl (C=O) groups is 1. The molecule has 1 aliphatic rings. The summed E-state index contributed by atoms with van der Waals surface area (Å²) in [5, 5.41) is 3.00. The number of nitrogens with one attached hydrogen (secondary N) is 1. The number of ether oxygens (including phenoxy) is 1. The molecular formula is C12H24N2O2S. The van der Waals surface area contributed by atoms with Crippen LogP contribution in [-0.2, 0) is 4.74 Å². The van der Waals surface area contributed by atoms with E-state index >= 15 is 0 Å². The summed E-state index contributed by atoms with van der Waals surface area (Å²) < 4.78 is 5.40. The van der Waals surface area contributed by atoms with Crippen molar-refractivity contribution in [1.82, 2.24) is 10.2 Å². The normalized spacial score (nSPS) is 21.4. The molecule has 5 heteroatoms. The maximum atomic E-state index is 12.0. The highest BCUT2D eigenvalue weighted by Crippen LogP contribution is 2.20. The van der Waals surface area contributed by atoms with Crippen LogP contribution in [0.4, 0.5) is 4.79 Å². The molecule has 0 unspecified atom stereocenters. The maximum absolute atomic E-state index is 12.0. The average Bonchev–Trinajstić information content (AvgIpc) is 2.36. The molecule has 0 aromatic rings. The van der Waals surface area contributed by atoms with Crippen LogP contribution in [0.3, 0.4) is 0 Å². The summed E-state index contributed by atoms with van der Waals surface area (Å²) in [6, 6.07) is 0.0360. The second-order valence-electron chi connectivity index (χ2n) is 5.07. The van der Waals surface area contributed by atoms with Gasteiger partial charge in [-0.3, -0.25) is 0 Å². The van der Waals surface area contributed by atoms with Crippen molar-refractivity contribution in [2.75, 3.05) is 33.0 Å². The van der Waals surface area contributed by atoms with Crippen molar-refractivity contribution in [3.05, 3.63) is 0 Å². The number of rotatable bonds is 4. The average molecular weight is 260 g/mol. The minimum atomic E-state index is 0.0360. The van der Waals surface area contributed by atoms with Gasteiger partial charge in [0, 0.05) is 31.5 Å². The lowest BCUT2D eigenvalue weighted by Crippen LogP contribution is -2.49. The number of urea groups is 1. The molecule has 100 valence electrons. The number of amides is 2. The summed E-state index contributed by atoms with van der Waals surface area (Å²) in [4.78, 5) is 13.8. The van der Waals surface area contributed by atoms with Crippen molar-refractivity contribution in [2.24, 2.45) is 0 Å². The Morgan fingerprint density at radius 1 is 1.59 bits per heavy atom. The molecule has 0 aliphatic carbocycles. The Morgan fingerprint density at radius 2 is 2.29 bits per heavy atom. The molecule has 0 saturated carbocycles. The number of carbonyl (C=O) groups excluding carboxylic acids is 1. The zero-order valence-electron chi connectivity index (χ0n) is 11.3. The van der Waals surface area contributed by atoms with Crippen LogP contribution in [0.2, 0.25) is 0 Å². The lowest BCUT2D eigenvalue weighted by atomic mass is 10.1. The monoisotopic (exact) mass is 260 g/mol. The quantitative estimate of drug-likeness (QED) is 0.840. The summed E-state index contributed by atoms with van der Waals surface area (Å²) in [7, 11) is 1.71. The van der Waals surface area contributed by atoms with E-state index in [0.29, 0.717) is 13.1 Å². The second-order valence-corrected chi connectivity index (χ2v) is 6.58. The third kappa shape index (κ3) is 4.76. The summed E-state index contributed by atoms with van der Waals surface area (Å²) in [6.07, 6.45) is 4.34. The molecule has 1 fully saturated rings. The van der Waals surface area contributed by atoms with Crippen LogP contribution in [0.15, 0.2) is 0 Å². The van der Waals surface area contributed by atoms with Gasteiger partial charge in [0.2, 0.25) is 0 Å². The van der Waals surface area contributed by atoms with E-state index in [-0.39, 0.29) is 16.9 Å². The van der Waals surface area contributed by atoms with E-state index < -0.39 is 0 Å². The van der Waals surface area contributed by atoms with Crippen LogP contribution in [-0.4, -0.2) is 54.8 Å². The standard InChI is InChI=1S/C12H24N2O2S/c1-12(2,17-4)9-13-11(15)14-7-5-6-10(8-14)16-3/h10H,5-9H2,1-4H3,(H,13,15)/t10-/m1/s1. The molecule has 1 saturated heterocycles. The van der Waals surface area contributed by atoms with E-state index in [4.69, 9.17) is 4.74 Å². The summed E-state index contributed by atoms with van der Waals surface area (Å²) >= 11 is 1.76. The van der Waals surface area contributed by atoms with Crippen LogP contribution in [0, 0.1) is 0 Å². The van der Waals surface area contributed by atoms with Gasteiger partial charge >= 0.3 is 6.03 Å². The molecule has 2 amide bonds. The fourth-order valence-corrected chi connectivity index (χ4v) is 2.00. The number of thioether (sulfide) groups is 1. The van der Waals surface area contributed by atoms with Gasteiger partial charge in [-0.25, -0.2) is 4.79 Å². The van der Waals surface area contributed by atoms with E-state index in [2.05, 4.69) is 25.4 Å². The summed E-state index contributed by atoms with van der Waals surface area (Å²) in [6.45, 7) is 6.51. The molecule has 0 bridgehead atoms. The topological polar surface area (TPSA) is 41.6 Å². The Hall–Kier alpha value is -0.420. The van der Waals surface area contributed by atoms with Gasteiger partial charge in [0.05, 0.1) is 6.10 Å². The van der Waals surface area contributed by atoms with Gasteiger partial charge < -0.3 is 15.0 Å². The number of piperidine rings is 1. The lowest BCUT2D eigenvalue weighted by Gasteiger charge is -2.33. The van der Waals surface area contributed by atoms with Gasteiger partial charge in [-0.15, -0.1) is 0 Å². The number of nitrogens with zero attached hydrogens (tertiary/aromatic N) is 1. The molecule has 1 heterocycles. The van der Waals surface area contributed by atoms with Gasteiger partial charge in [-0.1, -0.05) is 0 Å². The maximum Gasteiger partial charge on any atom is 0.317 e. The molecule has 0 spiro atoms. The minimum absolute atomic E-state index is 0.0360. The van der Waals surface area contributed by atoms with Crippen molar-refractivity contribution in [1.29, 1.82) is 0 Å². The molecule has 0 aromatic carbocycles. The van der Waals surface area contributed by atoms with E-state index in [1.54, 1.807) is 18.9 Å². The van der Waals surface area contributed by atoms with Crippen molar-refractivity contribution >= 4 is 17.8 Å². The fourth-order valence-electron chi connectivity index (χ4n) is 1.79. The van der Waals surface area contributed by atoms with Gasteiger partial charge in [-0.05, 0) is 32.9 Å². The number of hydrogen-bond acceptors (Lipinski definition) is 3. The predicted molar refractivity (Wildman–Crippen MR) is 72.6 cm³/mol. The van der Waals surface area contributed by atoms with Gasteiger partial charge in [0.1, 0.15) is 0 Å². The van der Waals surface area contributed by atoms with E-state index in [1.807, 2.05) is 4.90 Å². The highest BCUT2D eigenvalue weighted by molar-refractivity contribution is 7.99. The molecule has 0 radical (unpaired) electrons. The fraction of sp³-hybridized carbons (Fsp3) is 0.917. The third-order valence-electron chi connectivity index (χ3n) is 3.22. The van der Waals surface area contributed by atoms with Crippen LogP contribution in [0.5, 0.6) is 0 Å². The number of methoxy groups -OCH3 is 1. The van der Waals surface area contributed by atoms with Crippen molar-refractivity contribution in [3.63, 3.8) is 0 Å². The molecule has 0 aromatic heterocycles. The number of hydrogen-bond donors (Lipinski definition) is 1. The number of likely N-dealkylation sites (tertiary alicyclic amines) is 1. The van der Waals surface area contributed by atoms with Crippen molar-refractivity contribution in [2.45, 2.75) is 37.5 Å². The Balaban J connectivity index is 2.37. The highest BCUT2D eigenvalue weighted by atomic mass is 32.2. The molecule has 4 nitrogen and oxygen atoms in total. The zero-order chi connectivity index (χ0) is 12.9. The molecule has 17 heavy (non-hydrogen) atoms. The van der Waals surface area contributed by atoms with Gasteiger partial charge in [0.15, 0.2) is 0 Å². The molecule has 1 aliphatic heterocycles. The smallest absolute Gasteiger partial charge is 0.317 e. The SMILES string of the molecule is CO[C@@H]1CCCN(C(=O)NCC(C)(C)SC)C1. The van der Waals surface area contributed by atoms with Crippen molar-refractivity contribution in [3.8, 4) is 0 Å². The van der Waals surface area contributed by atoms with E-state index in [9.17, 15) is 4.79 Å². The Morgan fingerprint density at radius 3 is 2.88 bits per heavy atom.